The predicted octanol–water partition coefficient (Wildman–Crippen LogP) is 2.64. The van der Waals surface area contributed by atoms with Gasteiger partial charge in [0, 0.05) is 0 Å². The van der Waals surface area contributed by atoms with E-state index in [0.29, 0.717) is 19.6 Å². The number of rotatable bonds is 5. The fraction of sp³-hybridized carbons (Fsp3) is 0.533. The molecule has 0 spiro atoms. The highest BCUT2D eigenvalue weighted by atomic mass is 16.7. The molecule has 0 N–H and O–H groups in total. The summed E-state index contributed by atoms with van der Waals surface area (Å²) in [5, 5.41) is 8.90. The maximum Gasteiger partial charge on any atom is 0.163 e. The molecule has 1 saturated heterocycles. The van der Waals surface area contributed by atoms with Gasteiger partial charge < -0.3 is 14.2 Å². The first-order chi connectivity index (χ1) is 9.11. The summed E-state index contributed by atoms with van der Waals surface area (Å²) in [6.07, 6.45) is -0.137. The minimum absolute atomic E-state index is 0.182. The summed E-state index contributed by atoms with van der Waals surface area (Å²) in [7, 11) is 0. The number of hydrogen-bond donors (Lipinski definition) is 0. The normalized spacial score (nSPS) is 22.9. The number of nitriles is 1. The van der Waals surface area contributed by atoms with E-state index in [1.807, 2.05) is 44.2 Å². The van der Waals surface area contributed by atoms with Crippen molar-refractivity contribution < 1.29 is 14.2 Å². The molecule has 1 aliphatic rings. The Morgan fingerprint density at radius 1 is 1.42 bits per heavy atom. The summed E-state index contributed by atoms with van der Waals surface area (Å²) in [5.74, 6) is -0.589. The fourth-order valence-electron chi connectivity index (χ4n) is 2.06. The Morgan fingerprint density at radius 3 is 2.74 bits per heavy atom. The van der Waals surface area contributed by atoms with Crippen molar-refractivity contribution in [1.82, 2.24) is 0 Å². The first-order valence-corrected chi connectivity index (χ1v) is 6.45. The molecule has 1 fully saturated rings. The third-order valence-corrected chi connectivity index (χ3v) is 3.04. The van der Waals surface area contributed by atoms with Crippen LogP contribution in [0.2, 0.25) is 0 Å². The van der Waals surface area contributed by atoms with Crippen LogP contribution in [0.4, 0.5) is 0 Å². The monoisotopic (exact) mass is 261 g/mol. The zero-order valence-corrected chi connectivity index (χ0v) is 11.3. The van der Waals surface area contributed by atoms with Gasteiger partial charge in [-0.1, -0.05) is 30.3 Å². The third kappa shape index (κ3) is 4.03. The van der Waals surface area contributed by atoms with Crippen molar-refractivity contribution in [3.8, 4) is 6.07 Å². The van der Waals surface area contributed by atoms with E-state index in [0.717, 1.165) is 5.56 Å². The van der Waals surface area contributed by atoms with Crippen molar-refractivity contribution >= 4 is 0 Å². The van der Waals surface area contributed by atoms with Gasteiger partial charge in [0.1, 0.15) is 6.10 Å². The molecule has 2 atom stereocenters. The third-order valence-electron chi connectivity index (χ3n) is 3.04. The Hall–Kier alpha value is -1.41. The van der Waals surface area contributed by atoms with E-state index in [2.05, 4.69) is 6.07 Å². The summed E-state index contributed by atoms with van der Waals surface area (Å²) in [6, 6.07) is 12.0. The average molecular weight is 261 g/mol. The molecular weight excluding hydrogens is 242 g/mol. The van der Waals surface area contributed by atoms with Gasteiger partial charge in [0.2, 0.25) is 0 Å². The van der Waals surface area contributed by atoms with Gasteiger partial charge in [-0.2, -0.15) is 5.26 Å². The summed E-state index contributed by atoms with van der Waals surface area (Å²) in [6.45, 7) is 4.68. The minimum Gasteiger partial charge on any atom is -0.370 e. The van der Waals surface area contributed by atoms with Crippen LogP contribution in [0.1, 0.15) is 25.8 Å². The molecule has 1 aromatic carbocycles. The highest BCUT2D eigenvalue weighted by molar-refractivity contribution is 5.13. The SMILES string of the molecule is CC1(C)OC[C@@H]([C@H](CC#N)OCc2ccccc2)O1. The van der Waals surface area contributed by atoms with E-state index < -0.39 is 5.79 Å². The Kier molecular flexibility index (Phi) is 4.54. The maximum absolute atomic E-state index is 8.90. The Morgan fingerprint density at radius 2 is 2.16 bits per heavy atom. The van der Waals surface area contributed by atoms with Crippen LogP contribution in [0.25, 0.3) is 0 Å². The molecular formula is C15H19NO3. The Balaban J connectivity index is 1.92. The van der Waals surface area contributed by atoms with E-state index in [9.17, 15) is 0 Å². The quantitative estimate of drug-likeness (QED) is 0.817. The van der Waals surface area contributed by atoms with E-state index in [4.69, 9.17) is 19.5 Å². The molecule has 1 aliphatic heterocycles. The lowest BCUT2D eigenvalue weighted by molar-refractivity contribution is -0.157. The number of hydrogen-bond acceptors (Lipinski definition) is 4. The number of benzene rings is 1. The van der Waals surface area contributed by atoms with Crippen LogP contribution in [-0.2, 0) is 20.8 Å². The molecule has 0 aliphatic carbocycles. The number of nitrogens with zero attached hydrogens (tertiary/aromatic N) is 1. The lowest BCUT2D eigenvalue weighted by Gasteiger charge is -2.22. The summed E-state index contributed by atoms with van der Waals surface area (Å²) in [5.41, 5.74) is 1.09. The standard InChI is InChI=1S/C15H19NO3/c1-15(2)18-11-14(19-15)13(8-9-16)17-10-12-6-4-3-5-7-12/h3-7,13-14H,8,10-11H2,1-2H3/t13-,14-/m0/s1. The van der Waals surface area contributed by atoms with Gasteiger partial charge in [-0.25, -0.2) is 0 Å². The Bertz CT molecular complexity index is 438. The van der Waals surface area contributed by atoms with Crippen molar-refractivity contribution in [2.24, 2.45) is 0 Å². The molecule has 0 saturated carbocycles. The second-order valence-corrected chi connectivity index (χ2v) is 5.06. The molecule has 4 heteroatoms. The summed E-state index contributed by atoms with van der Waals surface area (Å²) in [4.78, 5) is 0. The van der Waals surface area contributed by atoms with Crippen molar-refractivity contribution in [2.75, 3.05) is 6.61 Å². The molecule has 1 heterocycles. The largest absolute Gasteiger partial charge is 0.370 e. The van der Waals surface area contributed by atoms with Gasteiger partial charge in [-0.15, -0.1) is 0 Å². The lowest BCUT2D eigenvalue weighted by atomic mass is 10.1. The second kappa shape index (κ2) is 6.16. The smallest absolute Gasteiger partial charge is 0.163 e. The second-order valence-electron chi connectivity index (χ2n) is 5.06. The van der Waals surface area contributed by atoms with Crippen LogP contribution in [0, 0.1) is 11.3 Å². The van der Waals surface area contributed by atoms with Crippen LogP contribution >= 0.6 is 0 Å². The van der Waals surface area contributed by atoms with Crippen molar-refractivity contribution in [1.29, 1.82) is 5.26 Å². The van der Waals surface area contributed by atoms with Gasteiger partial charge in [-0.3, -0.25) is 0 Å². The van der Waals surface area contributed by atoms with Gasteiger partial charge in [0.05, 0.1) is 31.8 Å². The average Bonchev–Trinajstić information content (AvgIpc) is 2.76. The number of ether oxygens (including phenoxy) is 3. The Labute approximate surface area is 113 Å². The molecule has 2 rings (SSSR count). The van der Waals surface area contributed by atoms with Crippen molar-refractivity contribution in [3.63, 3.8) is 0 Å². The lowest BCUT2D eigenvalue weighted by Crippen LogP contribution is -2.32. The van der Waals surface area contributed by atoms with E-state index >= 15 is 0 Å². The summed E-state index contributed by atoms with van der Waals surface area (Å²) >= 11 is 0. The maximum atomic E-state index is 8.90. The van der Waals surface area contributed by atoms with Crippen LogP contribution in [0.15, 0.2) is 30.3 Å². The first kappa shape index (κ1) is 14.0. The van der Waals surface area contributed by atoms with E-state index in [1.165, 1.54) is 0 Å². The zero-order valence-electron chi connectivity index (χ0n) is 11.3. The molecule has 0 radical (unpaired) electrons. The summed E-state index contributed by atoms with van der Waals surface area (Å²) < 4.78 is 17.1. The van der Waals surface area contributed by atoms with Crippen molar-refractivity contribution in [2.45, 2.75) is 44.9 Å². The van der Waals surface area contributed by atoms with Crippen molar-refractivity contribution in [3.05, 3.63) is 35.9 Å². The van der Waals surface area contributed by atoms with Crippen LogP contribution in [0.3, 0.4) is 0 Å². The highest BCUT2D eigenvalue weighted by Crippen LogP contribution is 2.26. The van der Waals surface area contributed by atoms with E-state index in [-0.39, 0.29) is 12.2 Å². The highest BCUT2D eigenvalue weighted by Gasteiger charge is 2.37. The molecule has 4 nitrogen and oxygen atoms in total. The fourth-order valence-corrected chi connectivity index (χ4v) is 2.06. The molecule has 102 valence electrons. The van der Waals surface area contributed by atoms with Gasteiger partial charge in [-0.05, 0) is 19.4 Å². The van der Waals surface area contributed by atoms with Crippen LogP contribution in [-0.4, -0.2) is 24.6 Å². The topological polar surface area (TPSA) is 51.5 Å². The minimum atomic E-state index is -0.589. The van der Waals surface area contributed by atoms with Crippen LogP contribution < -0.4 is 0 Å². The van der Waals surface area contributed by atoms with Gasteiger partial charge in [0.15, 0.2) is 5.79 Å². The molecule has 0 amide bonds. The van der Waals surface area contributed by atoms with Crippen LogP contribution in [0.5, 0.6) is 0 Å². The van der Waals surface area contributed by atoms with Gasteiger partial charge >= 0.3 is 0 Å². The first-order valence-electron chi connectivity index (χ1n) is 6.45. The van der Waals surface area contributed by atoms with E-state index in [1.54, 1.807) is 0 Å². The molecule has 19 heavy (non-hydrogen) atoms. The molecule has 1 aromatic rings. The van der Waals surface area contributed by atoms with Gasteiger partial charge in [0.25, 0.3) is 0 Å². The zero-order chi connectivity index (χ0) is 13.7. The predicted molar refractivity (Wildman–Crippen MR) is 70.2 cm³/mol. The molecule has 0 unspecified atom stereocenters. The molecule has 0 aromatic heterocycles. The molecule has 0 bridgehead atoms.